The first-order valence-electron chi connectivity index (χ1n) is 4.02. The van der Waals surface area contributed by atoms with Crippen LogP contribution in [0.15, 0.2) is 24.3 Å². The van der Waals surface area contributed by atoms with E-state index in [1.54, 1.807) is 0 Å². The zero-order chi connectivity index (χ0) is 8.81. The predicted octanol–water partition coefficient (Wildman–Crippen LogP) is 1.56. The van der Waals surface area contributed by atoms with Crippen molar-refractivity contribution in [2.75, 3.05) is 6.61 Å². The van der Waals surface area contributed by atoms with Gasteiger partial charge in [-0.1, -0.05) is 0 Å². The molecule has 1 nitrogen and oxygen atoms in total. The summed E-state index contributed by atoms with van der Waals surface area (Å²) in [5.41, 5.74) is 1.03. The molecule has 0 heterocycles. The van der Waals surface area contributed by atoms with Crippen molar-refractivity contribution in [3.63, 3.8) is 0 Å². The normalized spacial score (nSPS) is 8.58. The van der Waals surface area contributed by atoms with Crippen LogP contribution in [0.3, 0.4) is 0 Å². The number of rotatable bonds is 2. The molecule has 0 aromatic heterocycles. The Labute approximate surface area is 82.3 Å². The van der Waals surface area contributed by atoms with Crippen LogP contribution in [0.2, 0.25) is 0 Å². The molecule has 1 aromatic rings. The van der Waals surface area contributed by atoms with Crippen LogP contribution < -0.4 is 4.74 Å². The first kappa shape index (κ1) is 9.27. The third-order valence-electron chi connectivity index (χ3n) is 1.43. The van der Waals surface area contributed by atoms with Crippen LogP contribution >= 0.6 is 0 Å². The van der Waals surface area contributed by atoms with Crippen LogP contribution in [0.25, 0.3) is 0 Å². The van der Waals surface area contributed by atoms with E-state index in [-0.39, 0.29) is 0 Å². The van der Waals surface area contributed by atoms with Gasteiger partial charge in [0.15, 0.2) is 0 Å². The van der Waals surface area contributed by atoms with Crippen LogP contribution in [-0.2, 0) is 0 Å². The summed E-state index contributed by atoms with van der Waals surface area (Å²) in [6.45, 7) is 2.68. The maximum absolute atomic E-state index is 5.29. The zero-order valence-corrected chi connectivity index (χ0v) is 7.42. The Kier molecular flexibility index (Phi) is 3.81. The Morgan fingerprint density at radius 3 is 2.50 bits per heavy atom. The molecule has 0 unspecified atom stereocenters. The van der Waals surface area contributed by atoms with Crippen molar-refractivity contribution in [3.8, 4) is 16.3 Å². The quantitative estimate of drug-likeness (QED) is 0.461. The van der Waals surface area contributed by atoms with Crippen LogP contribution in [0.1, 0.15) is 12.5 Å². The van der Waals surface area contributed by atoms with Gasteiger partial charge in [0.2, 0.25) is 0 Å². The molecule has 0 amide bonds. The van der Waals surface area contributed by atoms with Gasteiger partial charge in [0.05, 0.1) is 0 Å². The SMILES string of the molecule is [Li][C]#Cc1ccc(OCC)cc1. The van der Waals surface area contributed by atoms with Gasteiger partial charge < -0.3 is 0 Å². The summed E-state index contributed by atoms with van der Waals surface area (Å²) in [4.78, 5) is 0. The molecule has 0 aliphatic heterocycles. The average Bonchev–Trinajstić information content (AvgIpc) is 2.09. The van der Waals surface area contributed by atoms with Crippen molar-refractivity contribution in [1.82, 2.24) is 0 Å². The van der Waals surface area contributed by atoms with Crippen molar-refractivity contribution in [2.24, 2.45) is 0 Å². The maximum atomic E-state index is 5.29. The molecule has 0 aliphatic carbocycles. The summed E-state index contributed by atoms with van der Waals surface area (Å²) in [7, 11) is 0. The Morgan fingerprint density at radius 2 is 2.00 bits per heavy atom. The minimum absolute atomic E-state index is 0.707. The molecular formula is C10H9LiO. The molecule has 56 valence electrons. The van der Waals surface area contributed by atoms with Crippen LogP contribution in [-0.4, -0.2) is 24.3 Å². The van der Waals surface area contributed by atoms with E-state index in [4.69, 9.17) is 4.74 Å². The molecule has 12 heavy (non-hydrogen) atoms. The van der Waals surface area contributed by atoms with Crippen molar-refractivity contribution in [2.45, 2.75) is 6.92 Å². The molecular weight excluding hydrogens is 143 g/mol. The molecule has 0 saturated carbocycles. The molecule has 2 heteroatoms. The first-order chi connectivity index (χ1) is 5.86. The van der Waals surface area contributed by atoms with E-state index in [1.165, 1.54) is 0 Å². The van der Waals surface area contributed by atoms with Crippen molar-refractivity contribution in [3.05, 3.63) is 29.8 Å². The molecule has 0 saturated heterocycles. The number of ether oxygens (including phenoxy) is 1. The Hall–Kier alpha value is -0.823. The van der Waals surface area contributed by atoms with E-state index < -0.39 is 0 Å². The Bertz CT molecular complexity index is 292. The van der Waals surface area contributed by atoms with E-state index in [1.807, 2.05) is 48.9 Å². The summed E-state index contributed by atoms with van der Waals surface area (Å²) in [5, 5.41) is 0. The van der Waals surface area contributed by atoms with E-state index in [0.717, 1.165) is 11.3 Å². The zero-order valence-electron chi connectivity index (χ0n) is 7.42. The van der Waals surface area contributed by atoms with E-state index in [9.17, 15) is 0 Å². The molecule has 1 aromatic carbocycles. The minimum atomic E-state index is 0.707. The van der Waals surface area contributed by atoms with Gasteiger partial charge in [-0.2, -0.15) is 0 Å². The first-order valence-corrected chi connectivity index (χ1v) is 4.02. The number of hydrogen-bond donors (Lipinski definition) is 0. The van der Waals surface area contributed by atoms with Gasteiger partial charge in [-0.3, -0.25) is 0 Å². The number of benzene rings is 1. The summed E-state index contributed by atoms with van der Waals surface area (Å²) >= 11 is 1.83. The van der Waals surface area contributed by atoms with Crippen molar-refractivity contribution >= 4 is 17.7 Å². The van der Waals surface area contributed by atoms with E-state index >= 15 is 0 Å². The number of hydrogen-bond acceptors (Lipinski definition) is 1. The monoisotopic (exact) mass is 152 g/mol. The molecule has 0 bridgehead atoms. The van der Waals surface area contributed by atoms with Crippen molar-refractivity contribution < 1.29 is 4.74 Å². The summed E-state index contributed by atoms with van der Waals surface area (Å²) < 4.78 is 8.14. The standard InChI is InChI=1S/C10H9O.Li/c1-3-9-5-7-10(8-6-9)11-4-2;/h5-8H,4H2,2H3;. The van der Waals surface area contributed by atoms with Gasteiger partial charge >= 0.3 is 82.1 Å². The van der Waals surface area contributed by atoms with Gasteiger partial charge in [0.1, 0.15) is 0 Å². The fourth-order valence-electron chi connectivity index (χ4n) is 0.945. The Morgan fingerprint density at radius 1 is 1.33 bits per heavy atom. The average molecular weight is 152 g/mol. The second kappa shape index (κ2) is 4.94. The summed E-state index contributed by atoms with van der Waals surface area (Å²) in [6.07, 6.45) is 0. The van der Waals surface area contributed by atoms with Crippen LogP contribution in [0.5, 0.6) is 5.75 Å². The molecule has 1 rings (SSSR count). The predicted molar refractivity (Wildman–Crippen MR) is 50.2 cm³/mol. The molecule has 0 N–H and O–H groups in total. The van der Waals surface area contributed by atoms with Gasteiger partial charge in [0.25, 0.3) is 0 Å². The van der Waals surface area contributed by atoms with Gasteiger partial charge in [-0.15, -0.1) is 0 Å². The second-order valence-corrected chi connectivity index (χ2v) is 2.33. The van der Waals surface area contributed by atoms with Crippen molar-refractivity contribution in [1.29, 1.82) is 0 Å². The third kappa shape index (κ3) is 2.66. The molecule has 0 radical (unpaired) electrons. The van der Waals surface area contributed by atoms with Crippen LogP contribution in [0, 0.1) is 10.5 Å². The fraction of sp³-hybridized carbons (Fsp3) is 0.200. The summed E-state index contributed by atoms with van der Waals surface area (Å²) in [6, 6.07) is 7.79. The summed E-state index contributed by atoms with van der Waals surface area (Å²) in [5.74, 6) is 3.87. The Balaban J connectivity index is 2.76. The van der Waals surface area contributed by atoms with Gasteiger partial charge in [0, 0.05) is 0 Å². The van der Waals surface area contributed by atoms with Crippen LogP contribution in [0.4, 0.5) is 0 Å². The van der Waals surface area contributed by atoms with E-state index in [0.29, 0.717) is 6.61 Å². The topological polar surface area (TPSA) is 9.23 Å². The molecule has 0 fully saturated rings. The fourth-order valence-corrected chi connectivity index (χ4v) is 0.945. The molecule has 0 spiro atoms. The van der Waals surface area contributed by atoms with Gasteiger partial charge in [-0.05, 0) is 0 Å². The molecule has 0 atom stereocenters. The second-order valence-electron chi connectivity index (χ2n) is 2.33. The van der Waals surface area contributed by atoms with E-state index in [2.05, 4.69) is 10.5 Å². The molecule has 0 aliphatic rings. The third-order valence-corrected chi connectivity index (χ3v) is 1.43. The van der Waals surface area contributed by atoms with Gasteiger partial charge in [-0.25, -0.2) is 0 Å².